The minimum atomic E-state index is -3.66. The second kappa shape index (κ2) is 9.66. The Morgan fingerprint density at radius 1 is 1.14 bits per heavy atom. The van der Waals surface area contributed by atoms with E-state index in [0.29, 0.717) is 22.0 Å². The fourth-order valence-corrected chi connectivity index (χ4v) is 3.52. The number of amides is 1. The van der Waals surface area contributed by atoms with Gasteiger partial charge in [0.2, 0.25) is 15.9 Å². The first-order chi connectivity index (χ1) is 13.2. The first-order valence-corrected chi connectivity index (χ1v) is 10.7. The third-order valence-corrected chi connectivity index (χ3v) is 5.24. The van der Waals surface area contributed by atoms with Gasteiger partial charge in [-0.2, -0.15) is 0 Å². The normalized spacial score (nSPS) is 11.0. The van der Waals surface area contributed by atoms with Crippen molar-refractivity contribution in [3.63, 3.8) is 0 Å². The van der Waals surface area contributed by atoms with Crippen LogP contribution in [0, 0.1) is 6.92 Å². The number of benzene rings is 2. The van der Waals surface area contributed by atoms with Crippen LogP contribution in [0.15, 0.2) is 42.5 Å². The van der Waals surface area contributed by atoms with Crippen LogP contribution in [0.25, 0.3) is 0 Å². The molecule has 9 heteroatoms. The maximum Gasteiger partial charge on any atom is 0.240 e. The second-order valence-corrected chi connectivity index (χ2v) is 8.42. The summed E-state index contributed by atoms with van der Waals surface area (Å²) in [6.07, 6.45) is 1.05. The van der Waals surface area contributed by atoms with E-state index in [1.165, 1.54) is 6.07 Å². The summed E-state index contributed by atoms with van der Waals surface area (Å²) < 4.78 is 36.0. The number of nitrogens with zero attached hydrogens (tertiary/aromatic N) is 1. The molecule has 0 radical (unpaired) electrons. The Bertz CT molecular complexity index is 916. The number of carbonyl (C=O) groups is 1. The van der Waals surface area contributed by atoms with Crippen molar-refractivity contribution >= 4 is 33.2 Å². The molecule has 0 fully saturated rings. The fourth-order valence-electron chi connectivity index (χ4n) is 2.45. The van der Waals surface area contributed by atoms with Crippen molar-refractivity contribution in [2.75, 3.05) is 37.4 Å². The van der Waals surface area contributed by atoms with Crippen LogP contribution in [-0.2, 0) is 14.8 Å². The maximum atomic E-state index is 12.2. The molecule has 0 saturated heterocycles. The predicted molar refractivity (Wildman–Crippen MR) is 110 cm³/mol. The topological polar surface area (TPSA) is 84.9 Å². The van der Waals surface area contributed by atoms with Crippen molar-refractivity contribution in [1.82, 2.24) is 5.32 Å². The van der Waals surface area contributed by atoms with Crippen molar-refractivity contribution < 1.29 is 22.7 Å². The Kier molecular flexibility index (Phi) is 7.53. The number of rotatable bonds is 9. The Labute approximate surface area is 170 Å². The van der Waals surface area contributed by atoms with E-state index in [-0.39, 0.29) is 19.7 Å². The standard InChI is InChI=1S/C19H23ClN2O5S/c1-14-4-5-15(20)12-18(14)22(28(3,24)25)13-19(23)21-10-11-27-17-8-6-16(26-2)7-9-17/h4-9,12H,10-11,13H2,1-3H3,(H,21,23). The smallest absolute Gasteiger partial charge is 0.240 e. The highest BCUT2D eigenvalue weighted by Gasteiger charge is 2.22. The molecule has 0 aromatic heterocycles. The molecule has 1 amide bonds. The number of sulfonamides is 1. The molecular weight excluding hydrogens is 404 g/mol. The molecule has 2 aromatic carbocycles. The van der Waals surface area contributed by atoms with Crippen LogP contribution < -0.4 is 19.1 Å². The summed E-state index contributed by atoms with van der Waals surface area (Å²) in [7, 11) is -2.08. The summed E-state index contributed by atoms with van der Waals surface area (Å²) in [4.78, 5) is 12.2. The number of methoxy groups -OCH3 is 1. The van der Waals surface area contributed by atoms with Crippen molar-refractivity contribution in [3.8, 4) is 11.5 Å². The van der Waals surface area contributed by atoms with Crippen LogP contribution in [0.1, 0.15) is 5.56 Å². The Morgan fingerprint density at radius 2 is 1.79 bits per heavy atom. The highest BCUT2D eigenvalue weighted by Crippen LogP contribution is 2.26. The molecule has 28 heavy (non-hydrogen) atoms. The van der Waals surface area contributed by atoms with Crippen molar-refractivity contribution in [2.24, 2.45) is 0 Å². The van der Waals surface area contributed by atoms with Gasteiger partial charge in [-0.3, -0.25) is 9.10 Å². The van der Waals surface area contributed by atoms with E-state index in [1.54, 1.807) is 50.4 Å². The molecule has 0 atom stereocenters. The minimum Gasteiger partial charge on any atom is -0.497 e. The summed E-state index contributed by atoms with van der Waals surface area (Å²) >= 11 is 5.98. The number of hydrogen-bond donors (Lipinski definition) is 1. The van der Waals surface area contributed by atoms with Gasteiger partial charge in [-0.15, -0.1) is 0 Å². The average molecular weight is 427 g/mol. The summed E-state index contributed by atoms with van der Waals surface area (Å²) in [6, 6.07) is 11.9. The number of nitrogens with one attached hydrogen (secondary N) is 1. The molecule has 0 aliphatic heterocycles. The summed E-state index contributed by atoms with van der Waals surface area (Å²) in [5, 5.41) is 3.05. The highest BCUT2D eigenvalue weighted by molar-refractivity contribution is 7.92. The van der Waals surface area contributed by atoms with Crippen LogP contribution in [-0.4, -0.2) is 47.4 Å². The van der Waals surface area contributed by atoms with Crippen molar-refractivity contribution in [2.45, 2.75) is 6.92 Å². The summed E-state index contributed by atoms with van der Waals surface area (Å²) in [5.74, 6) is 0.920. The van der Waals surface area contributed by atoms with Crippen LogP contribution in [0.3, 0.4) is 0 Å². The highest BCUT2D eigenvalue weighted by atomic mass is 35.5. The van der Waals surface area contributed by atoms with Gasteiger partial charge >= 0.3 is 0 Å². The lowest BCUT2D eigenvalue weighted by atomic mass is 10.2. The van der Waals surface area contributed by atoms with Gasteiger partial charge in [-0.1, -0.05) is 17.7 Å². The zero-order valence-electron chi connectivity index (χ0n) is 15.9. The van der Waals surface area contributed by atoms with E-state index in [1.807, 2.05) is 0 Å². The Morgan fingerprint density at radius 3 is 2.39 bits per heavy atom. The van der Waals surface area contributed by atoms with Gasteiger partial charge in [0.25, 0.3) is 0 Å². The zero-order chi connectivity index (χ0) is 20.7. The first-order valence-electron chi connectivity index (χ1n) is 8.48. The van der Waals surface area contributed by atoms with Crippen LogP contribution >= 0.6 is 11.6 Å². The van der Waals surface area contributed by atoms with Gasteiger partial charge in [-0.05, 0) is 48.9 Å². The van der Waals surface area contributed by atoms with Crippen LogP contribution in [0.5, 0.6) is 11.5 Å². The van der Waals surface area contributed by atoms with Gasteiger partial charge in [0.15, 0.2) is 0 Å². The summed E-state index contributed by atoms with van der Waals surface area (Å²) in [5.41, 5.74) is 1.07. The first kappa shape index (κ1) is 21.8. The minimum absolute atomic E-state index is 0.233. The Hall–Kier alpha value is -2.45. The molecule has 0 saturated carbocycles. The molecule has 1 N–H and O–H groups in total. The lowest BCUT2D eigenvalue weighted by Crippen LogP contribution is -2.41. The van der Waals surface area contributed by atoms with Gasteiger partial charge < -0.3 is 14.8 Å². The molecule has 0 spiro atoms. The molecule has 152 valence electrons. The van der Waals surface area contributed by atoms with E-state index in [9.17, 15) is 13.2 Å². The molecule has 0 heterocycles. The van der Waals surface area contributed by atoms with Gasteiger partial charge in [0.1, 0.15) is 24.7 Å². The molecule has 0 bridgehead atoms. The van der Waals surface area contributed by atoms with Crippen LogP contribution in [0.2, 0.25) is 5.02 Å². The monoisotopic (exact) mass is 426 g/mol. The van der Waals surface area contributed by atoms with E-state index >= 15 is 0 Å². The third kappa shape index (κ3) is 6.31. The van der Waals surface area contributed by atoms with E-state index in [2.05, 4.69) is 5.32 Å². The van der Waals surface area contributed by atoms with E-state index in [0.717, 1.165) is 16.3 Å². The van der Waals surface area contributed by atoms with E-state index in [4.69, 9.17) is 21.1 Å². The average Bonchev–Trinajstić information content (AvgIpc) is 2.65. The fraction of sp³-hybridized carbons (Fsp3) is 0.316. The lowest BCUT2D eigenvalue weighted by Gasteiger charge is -2.23. The SMILES string of the molecule is COc1ccc(OCCNC(=O)CN(c2cc(Cl)ccc2C)S(C)(=O)=O)cc1. The van der Waals surface area contributed by atoms with Gasteiger partial charge in [-0.25, -0.2) is 8.42 Å². The quantitative estimate of drug-likeness (QED) is 0.623. The molecule has 0 aliphatic carbocycles. The number of halogens is 1. The number of anilines is 1. The predicted octanol–water partition coefficient (Wildman–Crippen LogP) is 2.62. The Balaban J connectivity index is 1.92. The van der Waals surface area contributed by atoms with Crippen molar-refractivity contribution in [3.05, 3.63) is 53.1 Å². The number of hydrogen-bond acceptors (Lipinski definition) is 5. The zero-order valence-corrected chi connectivity index (χ0v) is 17.5. The molecule has 0 aliphatic rings. The second-order valence-electron chi connectivity index (χ2n) is 6.07. The third-order valence-electron chi connectivity index (χ3n) is 3.88. The largest absolute Gasteiger partial charge is 0.497 e. The molecule has 2 rings (SSSR count). The number of carbonyl (C=O) groups excluding carboxylic acids is 1. The number of aryl methyl sites for hydroxylation is 1. The van der Waals surface area contributed by atoms with Gasteiger partial charge in [0, 0.05) is 5.02 Å². The molecule has 7 nitrogen and oxygen atoms in total. The molecule has 0 unspecified atom stereocenters. The van der Waals surface area contributed by atoms with Gasteiger partial charge in [0.05, 0.1) is 25.6 Å². The van der Waals surface area contributed by atoms with Crippen molar-refractivity contribution in [1.29, 1.82) is 0 Å². The molecule has 2 aromatic rings. The summed E-state index contributed by atoms with van der Waals surface area (Å²) in [6.45, 7) is 1.89. The molecular formula is C19H23ClN2O5S. The van der Waals surface area contributed by atoms with E-state index < -0.39 is 15.9 Å². The maximum absolute atomic E-state index is 12.2. The lowest BCUT2D eigenvalue weighted by molar-refractivity contribution is -0.119. The van der Waals surface area contributed by atoms with Crippen LogP contribution in [0.4, 0.5) is 5.69 Å². The number of ether oxygens (including phenoxy) is 2.